The molecule has 9 heteroatoms. The quantitative estimate of drug-likeness (QED) is 0.331. The number of anilines is 1. The van der Waals surface area contributed by atoms with E-state index in [-0.39, 0.29) is 22.0 Å². The van der Waals surface area contributed by atoms with Gasteiger partial charge in [-0.3, -0.25) is 10.1 Å². The zero-order valence-corrected chi connectivity index (χ0v) is 22.1. The highest BCUT2D eigenvalue weighted by Crippen LogP contribution is 2.21. The van der Waals surface area contributed by atoms with Gasteiger partial charge in [0, 0.05) is 23.7 Å². The first-order valence-corrected chi connectivity index (χ1v) is 14.3. The molecule has 0 bridgehead atoms. The van der Waals surface area contributed by atoms with E-state index in [4.69, 9.17) is 17.0 Å². The third-order valence-electron chi connectivity index (χ3n) is 6.18. The fraction of sp³-hybridized carbons (Fsp3) is 0.286. The molecule has 0 saturated heterocycles. The number of ether oxygens (including phenoxy) is 1. The number of thiocarbonyl (C=S) groups is 1. The molecule has 194 valence electrons. The summed E-state index contributed by atoms with van der Waals surface area (Å²) in [6.45, 7) is 0.497. The summed E-state index contributed by atoms with van der Waals surface area (Å²) in [5.74, 6) is 0.225. The summed E-state index contributed by atoms with van der Waals surface area (Å²) in [5, 5.41) is 5.68. The van der Waals surface area contributed by atoms with Crippen LogP contribution in [0, 0.1) is 0 Å². The molecule has 0 radical (unpaired) electrons. The van der Waals surface area contributed by atoms with Gasteiger partial charge in [-0.05, 0) is 73.1 Å². The maximum atomic E-state index is 12.7. The lowest BCUT2D eigenvalue weighted by atomic mass is 9.96. The van der Waals surface area contributed by atoms with Crippen LogP contribution in [-0.2, 0) is 16.4 Å². The lowest BCUT2D eigenvalue weighted by molar-refractivity contribution is 0.0977. The number of hydrogen-bond donors (Lipinski definition) is 3. The molecule has 1 amide bonds. The molecule has 1 aliphatic rings. The van der Waals surface area contributed by atoms with E-state index < -0.39 is 10.0 Å². The number of nitrogens with one attached hydrogen (secondary N) is 3. The smallest absolute Gasteiger partial charge is 0.257 e. The van der Waals surface area contributed by atoms with Gasteiger partial charge in [0.2, 0.25) is 10.0 Å². The van der Waals surface area contributed by atoms with Gasteiger partial charge in [0.15, 0.2) is 5.11 Å². The number of benzene rings is 3. The predicted octanol–water partition coefficient (Wildman–Crippen LogP) is 5.05. The highest BCUT2D eigenvalue weighted by Gasteiger charge is 2.21. The van der Waals surface area contributed by atoms with Crippen molar-refractivity contribution in [3.05, 3.63) is 90.0 Å². The molecule has 0 spiro atoms. The van der Waals surface area contributed by atoms with Crippen LogP contribution in [-0.4, -0.2) is 32.1 Å². The number of sulfonamides is 1. The van der Waals surface area contributed by atoms with E-state index in [2.05, 4.69) is 15.4 Å². The van der Waals surface area contributed by atoms with Gasteiger partial charge in [-0.25, -0.2) is 13.1 Å². The van der Waals surface area contributed by atoms with Crippen LogP contribution in [0.5, 0.6) is 5.75 Å². The van der Waals surface area contributed by atoms with Gasteiger partial charge in [-0.15, -0.1) is 0 Å². The number of hydrogen-bond acceptors (Lipinski definition) is 5. The first kappa shape index (κ1) is 26.8. The Hall–Kier alpha value is -3.27. The summed E-state index contributed by atoms with van der Waals surface area (Å²) >= 11 is 5.28. The van der Waals surface area contributed by atoms with Crippen molar-refractivity contribution in [2.45, 2.75) is 49.5 Å². The Morgan fingerprint density at radius 1 is 0.919 bits per heavy atom. The van der Waals surface area contributed by atoms with E-state index in [0.717, 1.165) is 38.5 Å². The van der Waals surface area contributed by atoms with Crippen LogP contribution in [0.3, 0.4) is 0 Å². The monoisotopic (exact) mass is 537 g/mol. The van der Waals surface area contributed by atoms with Gasteiger partial charge >= 0.3 is 0 Å². The van der Waals surface area contributed by atoms with Gasteiger partial charge in [0.05, 0.1) is 11.5 Å². The largest absolute Gasteiger partial charge is 0.493 e. The Bertz CT molecular complexity index is 1310. The molecular weight excluding hydrogens is 506 g/mol. The first-order chi connectivity index (χ1) is 17.9. The molecule has 7 nitrogen and oxygen atoms in total. The molecule has 1 fully saturated rings. The minimum atomic E-state index is -3.58. The molecule has 37 heavy (non-hydrogen) atoms. The van der Waals surface area contributed by atoms with Crippen LogP contribution in [0.15, 0.2) is 83.8 Å². The summed E-state index contributed by atoms with van der Waals surface area (Å²) in [6, 6.07) is 23.2. The number of rotatable bonds is 9. The highest BCUT2D eigenvalue weighted by molar-refractivity contribution is 7.89. The molecule has 0 atom stereocenters. The van der Waals surface area contributed by atoms with Crippen LogP contribution in [0.2, 0.25) is 0 Å². The van der Waals surface area contributed by atoms with Crippen molar-refractivity contribution in [1.29, 1.82) is 0 Å². The van der Waals surface area contributed by atoms with E-state index in [0.29, 0.717) is 23.6 Å². The maximum absolute atomic E-state index is 12.7. The third kappa shape index (κ3) is 8.11. The number of carbonyl (C=O) groups excluding carboxylic acids is 1. The Kier molecular flexibility index (Phi) is 9.27. The van der Waals surface area contributed by atoms with Gasteiger partial charge in [0.25, 0.3) is 5.91 Å². The Morgan fingerprint density at radius 2 is 1.65 bits per heavy atom. The van der Waals surface area contributed by atoms with Crippen molar-refractivity contribution in [3.63, 3.8) is 0 Å². The third-order valence-corrected chi connectivity index (χ3v) is 7.92. The molecule has 3 N–H and O–H groups in total. The average molecular weight is 538 g/mol. The molecule has 3 aromatic carbocycles. The van der Waals surface area contributed by atoms with Crippen LogP contribution >= 0.6 is 12.2 Å². The molecule has 0 aliphatic heterocycles. The van der Waals surface area contributed by atoms with Crippen molar-refractivity contribution >= 4 is 38.9 Å². The molecular formula is C28H31N3O4S2. The molecule has 0 aromatic heterocycles. The van der Waals surface area contributed by atoms with Crippen molar-refractivity contribution < 1.29 is 17.9 Å². The summed E-state index contributed by atoms with van der Waals surface area (Å²) in [6.07, 6.45) is 5.76. The van der Waals surface area contributed by atoms with E-state index in [1.807, 2.05) is 30.3 Å². The average Bonchev–Trinajstić information content (AvgIpc) is 2.90. The van der Waals surface area contributed by atoms with E-state index in [1.54, 1.807) is 36.4 Å². The molecule has 4 rings (SSSR count). The summed E-state index contributed by atoms with van der Waals surface area (Å²) in [7, 11) is -3.58. The van der Waals surface area contributed by atoms with Crippen molar-refractivity contribution in [2.24, 2.45) is 0 Å². The van der Waals surface area contributed by atoms with Crippen LogP contribution in [0.25, 0.3) is 0 Å². The highest BCUT2D eigenvalue weighted by atomic mass is 32.2. The zero-order valence-electron chi connectivity index (χ0n) is 20.5. The van der Waals surface area contributed by atoms with E-state index >= 15 is 0 Å². The van der Waals surface area contributed by atoms with Crippen LogP contribution in [0.4, 0.5) is 5.69 Å². The van der Waals surface area contributed by atoms with Crippen molar-refractivity contribution in [3.8, 4) is 5.75 Å². The molecule has 0 heterocycles. The molecule has 1 saturated carbocycles. The second kappa shape index (κ2) is 12.8. The lowest BCUT2D eigenvalue weighted by Gasteiger charge is -2.22. The van der Waals surface area contributed by atoms with Gasteiger partial charge in [-0.1, -0.05) is 55.7 Å². The second-order valence-electron chi connectivity index (χ2n) is 9.00. The Balaban J connectivity index is 1.27. The Labute approximate surface area is 223 Å². The number of carbonyl (C=O) groups is 1. The minimum Gasteiger partial charge on any atom is -0.493 e. The van der Waals surface area contributed by atoms with Crippen molar-refractivity contribution in [1.82, 2.24) is 10.0 Å². The topological polar surface area (TPSA) is 96.5 Å². The van der Waals surface area contributed by atoms with Gasteiger partial charge in [-0.2, -0.15) is 0 Å². The lowest BCUT2D eigenvalue weighted by Crippen LogP contribution is -2.36. The first-order valence-electron chi connectivity index (χ1n) is 12.4. The fourth-order valence-corrected chi connectivity index (χ4v) is 5.74. The van der Waals surface area contributed by atoms with Crippen LogP contribution in [0.1, 0.15) is 48.0 Å². The normalized spacial score (nSPS) is 14.1. The number of amides is 1. The fourth-order valence-electron chi connectivity index (χ4n) is 4.22. The Morgan fingerprint density at radius 3 is 2.38 bits per heavy atom. The van der Waals surface area contributed by atoms with Gasteiger partial charge < -0.3 is 10.1 Å². The van der Waals surface area contributed by atoms with E-state index in [9.17, 15) is 13.2 Å². The standard InChI is InChI=1S/C28H31N3O4S2/c32-27(22-10-7-13-25(20-22)35-19-18-21-8-3-1-4-9-21)30-28(36)29-23-14-16-26(17-15-23)37(33,34)31-24-11-5-2-6-12-24/h1,3-4,7-10,13-17,20,24,31H,2,5-6,11-12,18-19H2,(H2,29,30,32,36). The predicted molar refractivity (Wildman–Crippen MR) is 149 cm³/mol. The van der Waals surface area contributed by atoms with E-state index in [1.165, 1.54) is 17.7 Å². The summed E-state index contributed by atoms with van der Waals surface area (Å²) in [5.41, 5.74) is 2.16. The molecule has 1 aliphatic carbocycles. The van der Waals surface area contributed by atoms with Crippen LogP contribution < -0.4 is 20.1 Å². The SMILES string of the molecule is O=C(NC(=S)Nc1ccc(S(=O)(=O)NC2CCCCC2)cc1)c1cccc(OCCc2ccccc2)c1. The zero-order chi connectivity index (χ0) is 26.1. The molecule has 0 unspecified atom stereocenters. The maximum Gasteiger partial charge on any atom is 0.257 e. The molecule has 3 aromatic rings. The summed E-state index contributed by atoms with van der Waals surface area (Å²) in [4.78, 5) is 12.9. The summed E-state index contributed by atoms with van der Waals surface area (Å²) < 4.78 is 34.0. The van der Waals surface area contributed by atoms with Gasteiger partial charge in [0.1, 0.15) is 5.75 Å². The second-order valence-corrected chi connectivity index (χ2v) is 11.1. The van der Waals surface area contributed by atoms with Crippen molar-refractivity contribution in [2.75, 3.05) is 11.9 Å². The minimum absolute atomic E-state index is 0.00731.